The molecule has 2 rings (SSSR count). The Kier molecular flexibility index (Phi) is 4.93. The van der Waals surface area contributed by atoms with Crippen molar-refractivity contribution in [3.63, 3.8) is 0 Å². The van der Waals surface area contributed by atoms with Gasteiger partial charge in [0.25, 0.3) is 5.91 Å². The number of rotatable bonds is 6. The number of nitrogens with one attached hydrogen (secondary N) is 1. The van der Waals surface area contributed by atoms with E-state index >= 15 is 0 Å². The van der Waals surface area contributed by atoms with Crippen LogP contribution in [0.15, 0.2) is 23.8 Å². The van der Waals surface area contributed by atoms with Crippen molar-refractivity contribution in [1.29, 1.82) is 0 Å². The van der Waals surface area contributed by atoms with E-state index in [1.165, 1.54) is 0 Å². The molecule has 1 aliphatic rings. The first kappa shape index (κ1) is 16.9. The van der Waals surface area contributed by atoms with Gasteiger partial charge in [0.2, 0.25) is 0 Å². The Balaban J connectivity index is 2.01. The van der Waals surface area contributed by atoms with E-state index in [9.17, 15) is 9.59 Å². The largest absolute Gasteiger partial charge is 0.493 e. The van der Waals surface area contributed by atoms with Crippen molar-refractivity contribution in [1.82, 2.24) is 5.32 Å². The summed E-state index contributed by atoms with van der Waals surface area (Å²) in [4.78, 5) is 23.2. The topological polar surface area (TPSA) is 84.9 Å². The second-order valence-electron chi connectivity index (χ2n) is 6.03. The number of hydrogen-bond donors (Lipinski definition) is 2. The minimum atomic E-state index is -0.881. The third-order valence-corrected chi connectivity index (χ3v) is 3.84. The van der Waals surface area contributed by atoms with Crippen LogP contribution in [0, 0.1) is 5.41 Å². The molecular formula is C17H21NO5. The molecule has 0 bridgehead atoms. The summed E-state index contributed by atoms with van der Waals surface area (Å²) < 4.78 is 10.8. The fraction of sp³-hybridized carbons (Fsp3) is 0.412. The maximum atomic E-state index is 12.2. The number of hydrogen-bond acceptors (Lipinski definition) is 4. The molecule has 1 heterocycles. The molecule has 0 spiro atoms. The predicted molar refractivity (Wildman–Crippen MR) is 85.5 cm³/mol. The predicted octanol–water partition coefficient (Wildman–Crippen LogP) is 2.09. The number of para-hydroxylation sites is 1. The quantitative estimate of drug-likeness (QED) is 0.838. The normalized spacial score (nSPS) is 13.4. The molecule has 23 heavy (non-hydrogen) atoms. The summed E-state index contributed by atoms with van der Waals surface area (Å²) in [6.07, 6.45) is 2.12. The van der Waals surface area contributed by atoms with Gasteiger partial charge >= 0.3 is 5.97 Å². The Labute approximate surface area is 135 Å². The Morgan fingerprint density at radius 2 is 2.13 bits per heavy atom. The van der Waals surface area contributed by atoms with Crippen molar-refractivity contribution < 1.29 is 24.2 Å². The van der Waals surface area contributed by atoms with Crippen molar-refractivity contribution in [2.75, 3.05) is 20.3 Å². The minimum absolute atomic E-state index is 0.154. The van der Waals surface area contributed by atoms with Gasteiger partial charge in [0.1, 0.15) is 6.61 Å². The molecule has 124 valence electrons. The number of carboxylic acids is 1. The van der Waals surface area contributed by atoms with Crippen LogP contribution in [0.5, 0.6) is 11.5 Å². The molecule has 6 heteroatoms. The minimum Gasteiger partial charge on any atom is -0.493 e. The van der Waals surface area contributed by atoms with E-state index in [0.29, 0.717) is 30.0 Å². The second-order valence-corrected chi connectivity index (χ2v) is 6.03. The molecule has 0 unspecified atom stereocenters. The Morgan fingerprint density at radius 3 is 2.78 bits per heavy atom. The summed E-state index contributed by atoms with van der Waals surface area (Å²) in [5.74, 6) is 0.118. The monoisotopic (exact) mass is 319 g/mol. The van der Waals surface area contributed by atoms with Crippen LogP contribution in [-0.2, 0) is 9.59 Å². The fourth-order valence-electron chi connectivity index (χ4n) is 2.18. The first-order valence-electron chi connectivity index (χ1n) is 7.37. The van der Waals surface area contributed by atoms with Crippen LogP contribution in [0.4, 0.5) is 0 Å². The number of carbonyl (C=O) groups is 2. The van der Waals surface area contributed by atoms with Crippen molar-refractivity contribution >= 4 is 18.0 Å². The van der Waals surface area contributed by atoms with Crippen molar-refractivity contribution in [3.8, 4) is 11.5 Å². The standard InChI is InChI=1S/C17H21NO5/c1-17(2,16(20)21)7-8-18-15(19)12-9-11-5-4-6-13(22-3)14(11)23-10-12/h4-6,9H,7-8,10H2,1-3H3,(H,18,19)(H,20,21). The maximum Gasteiger partial charge on any atom is 0.309 e. The van der Waals surface area contributed by atoms with Crippen LogP contribution in [0.1, 0.15) is 25.8 Å². The van der Waals surface area contributed by atoms with Crippen LogP contribution in [-0.4, -0.2) is 37.2 Å². The fourth-order valence-corrected chi connectivity index (χ4v) is 2.18. The zero-order chi connectivity index (χ0) is 17.0. The summed E-state index contributed by atoms with van der Waals surface area (Å²) in [7, 11) is 1.56. The molecular weight excluding hydrogens is 298 g/mol. The van der Waals surface area contributed by atoms with E-state index in [0.717, 1.165) is 5.56 Å². The average Bonchev–Trinajstić information content (AvgIpc) is 2.53. The Morgan fingerprint density at radius 1 is 1.39 bits per heavy atom. The number of aliphatic carboxylic acids is 1. The van der Waals surface area contributed by atoms with Gasteiger partial charge in [-0.1, -0.05) is 12.1 Å². The van der Waals surface area contributed by atoms with E-state index in [4.69, 9.17) is 14.6 Å². The van der Waals surface area contributed by atoms with Crippen LogP contribution >= 0.6 is 0 Å². The highest BCUT2D eigenvalue weighted by Crippen LogP contribution is 2.35. The molecule has 0 saturated heterocycles. The number of fused-ring (bicyclic) bond motifs is 1. The lowest BCUT2D eigenvalue weighted by atomic mass is 9.89. The SMILES string of the molecule is COc1cccc2c1OCC(C(=O)NCCC(C)(C)C(=O)O)=C2. The van der Waals surface area contributed by atoms with Gasteiger partial charge in [0.15, 0.2) is 11.5 Å². The highest BCUT2D eigenvalue weighted by atomic mass is 16.5. The smallest absolute Gasteiger partial charge is 0.309 e. The molecule has 0 fully saturated rings. The molecule has 0 aromatic heterocycles. The van der Waals surface area contributed by atoms with E-state index in [2.05, 4.69) is 5.32 Å². The summed E-state index contributed by atoms with van der Waals surface area (Å²) in [5.41, 5.74) is 0.413. The molecule has 0 atom stereocenters. The molecule has 0 aliphatic carbocycles. The lowest BCUT2D eigenvalue weighted by Crippen LogP contribution is -2.34. The average molecular weight is 319 g/mol. The number of carbonyl (C=O) groups excluding carboxylic acids is 1. The maximum absolute atomic E-state index is 12.2. The van der Waals surface area contributed by atoms with Gasteiger partial charge in [0, 0.05) is 12.1 Å². The summed E-state index contributed by atoms with van der Waals surface area (Å²) in [6.45, 7) is 3.71. The van der Waals surface area contributed by atoms with Crippen molar-refractivity contribution in [2.45, 2.75) is 20.3 Å². The number of ether oxygens (including phenoxy) is 2. The number of methoxy groups -OCH3 is 1. The van der Waals surface area contributed by atoms with E-state index < -0.39 is 11.4 Å². The first-order valence-corrected chi connectivity index (χ1v) is 7.37. The zero-order valence-corrected chi connectivity index (χ0v) is 13.5. The highest BCUT2D eigenvalue weighted by molar-refractivity contribution is 5.99. The first-order chi connectivity index (χ1) is 10.8. The van der Waals surface area contributed by atoms with Gasteiger partial charge < -0.3 is 19.9 Å². The van der Waals surface area contributed by atoms with Gasteiger partial charge in [-0.25, -0.2) is 0 Å². The highest BCUT2D eigenvalue weighted by Gasteiger charge is 2.27. The number of amides is 1. The molecule has 2 N–H and O–H groups in total. The summed E-state index contributed by atoms with van der Waals surface area (Å²) in [6, 6.07) is 5.47. The van der Waals surface area contributed by atoms with Gasteiger partial charge in [-0.05, 0) is 32.4 Å². The van der Waals surface area contributed by atoms with Crippen LogP contribution < -0.4 is 14.8 Å². The molecule has 6 nitrogen and oxygen atoms in total. The molecule has 1 amide bonds. The number of carboxylic acid groups (broad SMARTS) is 1. The van der Waals surface area contributed by atoms with E-state index in [1.807, 2.05) is 12.1 Å². The zero-order valence-electron chi connectivity index (χ0n) is 13.5. The van der Waals surface area contributed by atoms with E-state index in [-0.39, 0.29) is 12.5 Å². The van der Waals surface area contributed by atoms with Crippen molar-refractivity contribution in [2.24, 2.45) is 5.41 Å². The second kappa shape index (κ2) is 6.73. The number of benzene rings is 1. The Bertz CT molecular complexity index is 648. The summed E-state index contributed by atoms with van der Waals surface area (Å²) in [5, 5.41) is 11.8. The Hall–Kier alpha value is -2.50. The molecule has 0 radical (unpaired) electrons. The third kappa shape index (κ3) is 3.83. The van der Waals surface area contributed by atoms with Gasteiger partial charge in [-0.2, -0.15) is 0 Å². The van der Waals surface area contributed by atoms with Crippen LogP contribution in [0.2, 0.25) is 0 Å². The lowest BCUT2D eigenvalue weighted by molar-refractivity contribution is -0.147. The third-order valence-electron chi connectivity index (χ3n) is 3.84. The molecule has 1 aromatic rings. The van der Waals surface area contributed by atoms with Gasteiger partial charge in [-0.15, -0.1) is 0 Å². The lowest BCUT2D eigenvalue weighted by Gasteiger charge is -2.21. The van der Waals surface area contributed by atoms with Gasteiger partial charge in [-0.3, -0.25) is 9.59 Å². The van der Waals surface area contributed by atoms with Gasteiger partial charge in [0.05, 0.1) is 18.1 Å². The van der Waals surface area contributed by atoms with Crippen LogP contribution in [0.3, 0.4) is 0 Å². The molecule has 1 aliphatic heterocycles. The molecule has 1 aromatic carbocycles. The summed E-state index contributed by atoms with van der Waals surface area (Å²) >= 11 is 0. The van der Waals surface area contributed by atoms with Crippen molar-refractivity contribution in [3.05, 3.63) is 29.3 Å². The molecule has 0 saturated carbocycles. The van der Waals surface area contributed by atoms with Crippen LogP contribution in [0.25, 0.3) is 6.08 Å². The van der Waals surface area contributed by atoms with E-state index in [1.54, 1.807) is 33.1 Å².